The van der Waals surface area contributed by atoms with Gasteiger partial charge in [-0.25, -0.2) is 0 Å². The molecule has 192 valence electrons. The Morgan fingerprint density at radius 1 is 1.00 bits per heavy atom. The van der Waals surface area contributed by atoms with Crippen LogP contribution >= 0.6 is 0 Å². The predicted molar refractivity (Wildman–Crippen MR) is 137 cm³/mol. The monoisotopic (exact) mass is 493 g/mol. The van der Waals surface area contributed by atoms with E-state index in [9.17, 15) is 14.7 Å². The van der Waals surface area contributed by atoms with E-state index in [1.165, 1.54) is 23.1 Å². The van der Waals surface area contributed by atoms with Crippen molar-refractivity contribution < 1.29 is 28.9 Å². The third kappa shape index (κ3) is 5.12. The predicted octanol–water partition coefficient (Wildman–Crippen LogP) is 4.82. The molecule has 2 aromatic rings. The lowest BCUT2D eigenvalue weighted by Gasteiger charge is -2.26. The molecule has 0 saturated carbocycles. The highest BCUT2D eigenvalue weighted by Crippen LogP contribution is 2.42. The number of hydrogen-bond donors (Lipinski definition) is 1. The van der Waals surface area contributed by atoms with Crippen molar-refractivity contribution in [3.05, 3.63) is 64.2 Å². The molecule has 36 heavy (non-hydrogen) atoms. The van der Waals surface area contributed by atoms with Crippen LogP contribution in [0.5, 0.6) is 11.5 Å². The number of likely N-dealkylation sites (tertiary alicyclic amines) is 1. The second-order valence-electron chi connectivity index (χ2n) is 9.57. The van der Waals surface area contributed by atoms with Gasteiger partial charge in [-0.3, -0.25) is 9.59 Å². The van der Waals surface area contributed by atoms with E-state index in [-0.39, 0.29) is 17.4 Å². The van der Waals surface area contributed by atoms with Gasteiger partial charge in [-0.1, -0.05) is 18.2 Å². The summed E-state index contributed by atoms with van der Waals surface area (Å²) in [5.41, 5.74) is 3.78. The highest BCUT2D eigenvalue weighted by atomic mass is 16.5. The summed E-state index contributed by atoms with van der Waals surface area (Å²) in [5, 5.41) is 11.4. The number of hydrogen-bond acceptors (Lipinski definition) is 6. The first-order valence-electron chi connectivity index (χ1n) is 12.6. The molecule has 4 rings (SSSR count). The molecule has 1 amide bonds. The Balaban J connectivity index is 1.78. The van der Waals surface area contributed by atoms with Crippen LogP contribution in [0.15, 0.2) is 42.0 Å². The Hall–Kier alpha value is -3.32. The average Bonchev–Trinajstić information content (AvgIpc) is 3.14. The minimum absolute atomic E-state index is 0.0751. The summed E-state index contributed by atoms with van der Waals surface area (Å²) in [6.07, 6.45) is 4.86. The number of nitrogens with zero attached hydrogens (tertiary/aromatic N) is 1. The number of ether oxygens (including phenoxy) is 3. The molecule has 1 unspecified atom stereocenters. The summed E-state index contributed by atoms with van der Waals surface area (Å²) < 4.78 is 16.5. The van der Waals surface area contributed by atoms with Crippen molar-refractivity contribution in [2.24, 2.45) is 0 Å². The summed E-state index contributed by atoms with van der Waals surface area (Å²) in [5.74, 6) is -0.438. The van der Waals surface area contributed by atoms with Gasteiger partial charge in [-0.15, -0.1) is 0 Å². The highest BCUT2D eigenvalue weighted by molar-refractivity contribution is 6.46. The van der Waals surface area contributed by atoms with E-state index in [0.717, 1.165) is 25.7 Å². The standard InChI is InChI=1S/C29H35NO6/c1-18(2)36-15-7-14-30-26(21-12-13-23(34-3)24(17-21)35-4)25(28(32)29(30)33)27(31)22-11-10-19-8-5-6-9-20(19)16-22/h10-13,16-18,26,31H,5-9,14-15H2,1-4H3/b27-25+. The van der Waals surface area contributed by atoms with Crippen LogP contribution < -0.4 is 9.47 Å². The topological polar surface area (TPSA) is 85.3 Å². The largest absolute Gasteiger partial charge is 0.507 e. The van der Waals surface area contributed by atoms with Crippen LogP contribution in [0.4, 0.5) is 0 Å². The van der Waals surface area contributed by atoms with Crippen molar-refractivity contribution in [1.29, 1.82) is 0 Å². The molecule has 1 atom stereocenters. The van der Waals surface area contributed by atoms with E-state index in [2.05, 4.69) is 0 Å². The molecule has 0 radical (unpaired) electrons. The lowest BCUT2D eigenvalue weighted by molar-refractivity contribution is -0.140. The van der Waals surface area contributed by atoms with Crippen molar-refractivity contribution in [1.82, 2.24) is 4.90 Å². The zero-order chi connectivity index (χ0) is 25.8. The van der Waals surface area contributed by atoms with Gasteiger partial charge in [0.05, 0.1) is 31.9 Å². The number of benzene rings is 2. The normalized spacial score (nSPS) is 19.0. The van der Waals surface area contributed by atoms with Crippen molar-refractivity contribution in [3.63, 3.8) is 0 Å². The fourth-order valence-corrected chi connectivity index (χ4v) is 5.07. The Labute approximate surface area is 212 Å². The number of aryl methyl sites for hydroxylation is 2. The number of carbonyl (C=O) groups excluding carboxylic acids is 2. The van der Waals surface area contributed by atoms with Crippen LogP contribution in [0, 0.1) is 0 Å². The van der Waals surface area contributed by atoms with Crippen LogP contribution in [0.2, 0.25) is 0 Å². The number of ketones is 1. The molecule has 1 heterocycles. The van der Waals surface area contributed by atoms with Crippen molar-refractivity contribution >= 4 is 17.4 Å². The smallest absolute Gasteiger partial charge is 0.295 e. The van der Waals surface area contributed by atoms with E-state index >= 15 is 0 Å². The summed E-state index contributed by atoms with van der Waals surface area (Å²) >= 11 is 0. The van der Waals surface area contributed by atoms with Crippen molar-refractivity contribution in [2.45, 2.75) is 58.1 Å². The van der Waals surface area contributed by atoms with Crippen LogP contribution in [-0.4, -0.2) is 55.2 Å². The molecular weight excluding hydrogens is 458 g/mol. The van der Waals surface area contributed by atoms with Gasteiger partial charge in [0.15, 0.2) is 11.5 Å². The Morgan fingerprint density at radius 2 is 1.72 bits per heavy atom. The molecule has 2 aromatic carbocycles. The van der Waals surface area contributed by atoms with Crippen LogP contribution in [0.1, 0.15) is 61.4 Å². The number of rotatable bonds is 9. The van der Waals surface area contributed by atoms with Gasteiger partial charge in [0.1, 0.15) is 5.76 Å². The summed E-state index contributed by atoms with van der Waals surface area (Å²) in [6.45, 7) is 4.68. The quantitative estimate of drug-likeness (QED) is 0.233. The van der Waals surface area contributed by atoms with Gasteiger partial charge in [-0.05, 0) is 80.8 Å². The fourth-order valence-electron chi connectivity index (χ4n) is 5.07. The van der Waals surface area contributed by atoms with Gasteiger partial charge in [-0.2, -0.15) is 0 Å². The maximum atomic E-state index is 13.3. The van der Waals surface area contributed by atoms with Crippen molar-refractivity contribution in [3.8, 4) is 11.5 Å². The zero-order valence-corrected chi connectivity index (χ0v) is 21.5. The second-order valence-corrected chi connectivity index (χ2v) is 9.57. The van der Waals surface area contributed by atoms with Gasteiger partial charge in [0, 0.05) is 18.7 Å². The number of methoxy groups -OCH3 is 2. The zero-order valence-electron chi connectivity index (χ0n) is 21.5. The molecule has 1 fully saturated rings. The molecule has 2 aliphatic rings. The van der Waals surface area contributed by atoms with Crippen LogP contribution in [-0.2, 0) is 27.2 Å². The third-order valence-electron chi connectivity index (χ3n) is 6.88. The molecule has 1 saturated heterocycles. The Kier molecular flexibility index (Phi) is 7.99. The maximum absolute atomic E-state index is 13.3. The number of fused-ring (bicyclic) bond motifs is 1. The fraction of sp³-hybridized carbons (Fsp3) is 0.448. The highest BCUT2D eigenvalue weighted by Gasteiger charge is 2.46. The minimum atomic E-state index is -0.750. The lowest BCUT2D eigenvalue weighted by atomic mass is 9.88. The Morgan fingerprint density at radius 3 is 2.42 bits per heavy atom. The van der Waals surface area contributed by atoms with E-state index in [0.29, 0.717) is 42.2 Å². The molecular formula is C29H35NO6. The minimum Gasteiger partial charge on any atom is -0.507 e. The summed E-state index contributed by atoms with van der Waals surface area (Å²) in [6, 6.07) is 10.4. The third-order valence-corrected chi connectivity index (χ3v) is 6.88. The van der Waals surface area contributed by atoms with Crippen LogP contribution in [0.3, 0.4) is 0 Å². The average molecular weight is 494 g/mol. The first-order chi connectivity index (χ1) is 17.3. The van der Waals surface area contributed by atoms with Gasteiger partial charge in [0.2, 0.25) is 0 Å². The summed E-state index contributed by atoms with van der Waals surface area (Å²) in [4.78, 5) is 28.1. The number of amides is 1. The lowest BCUT2D eigenvalue weighted by Crippen LogP contribution is -2.31. The molecule has 0 aromatic heterocycles. The molecule has 1 N–H and O–H groups in total. The summed E-state index contributed by atoms with van der Waals surface area (Å²) in [7, 11) is 3.09. The van der Waals surface area contributed by atoms with E-state index in [1.54, 1.807) is 25.3 Å². The second kappa shape index (κ2) is 11.2. The van der Waals surface area contributed by atoms with Gasteiger partial charge >= 0.3 is 0 Å². The first kappa shape index (κ1) is 25.8. The molecule has 7 nitrogen and oxygen atoms in total. The molecule has 0 bridgehead atoms. The number of aliphatic hydroxyl groups excluding tert-OH is 1. The first-order valence-corrected chi connectivity index (χ1v) is 12.6. The van der Waals surface area contributed by atoms with Gasteiger partial charge in [0.25, 0.3) is 11.7 Å². The number of Topliss-reactive ketones (excluding diaryl/α,β-unsaturated/α-hetero) is 1. The molecule has 7 heteroatoms. The van der Waals surface area contributed by atoms with E-state index < -0.39 is 17.7 Å². The molecule has 1 aliphatic carbocycles. The maximum Gasteiger partial charge on any atom is 0.295 e. The Bertz CT molecular complexity index is 1170. The molecule has 1 aliphatic heterocycles. The molecule has 0 spiro atoms. The number of aliphatic hydroxyl groups is 1. The van der Waals surface area contributed by atoms with Gasteiger partial charge < -0.3 is 24.2 Å². The van der Waals surface area contributed by atoms with E-state index in [1.807, 2.05) is 32.0 Å². The SMILES string of the molecule is COc1ccc(C2/C(=C(\O)c3ccc4c(c3)CCCC4)C(=O)C(=O)N2CCCOC(C)C)cc1OC. The van der Waals surface area contributed by atoms with Crippen LogP contribution in [0.25, 0.3) is 5.76 Å². The van der Waals surface area contributed by atoms with E-state index in [4.69, 9.17) is 14.2 Å². The number of carbonyl (C=O) groups is 2. The van der Waals surface area contributed by atoms with Crippen molar-refractivity contribution in [2.75, 3.05) is 27.4 Å².